The molecule has 0 aliphatic carbocycles. The first kappa shape index (κ1) is 18.4. The minimum atomic E-state index is -0.855. The number of aliphatic hydroxyl groups excluding tert-OH is 2. The van der Waals surface area contributed by atoms with Gasteiger partial charge in [0.25, 0.3) is 0 Å². The highest BCUT2D eigenvalue weighted by Crippen LogP contribution is 2.45. The maximum Gasteiger partial charge on any atom is 0.163 e. The van der Waals surface area contributed by atoms with Crippen LogP contribution >= 0.6 is 11.3 Å². The molecule has 0 spiro atoms. The Morgan fingerprint density at radius 1 is 1.54 bits per heavy atom. The van der Waals surface area contributed by atoms with Gasteiger partial charge in [-0.05, 0) is 25.5 Å². The quantitative estimate of drug-likeness (QED) is 0.578. The van der Waals surface area contributed by atoms with Gasteiger partial charge in [-0.3, -0.25) is 4.99 Å². The number of aliphatic imine (C=N–C) groups is 1. The SMILES string of the molecule is C=C/C=C\C(=C/C)c1cc2c(s1)N1C(C)=CNC1C(=NCC(O)CO)N2. The van der Waals surface area contributed by atoms with Crippen molar-refractivity contribution in [2.45, 2.75) is 26.1 Å². The molecule has 2 unspecified atom stereocenters. The van der Waals surface area contributed by atoms with Crippen molar-refractivity contribution in [3.8, 4) is 0 Å². The summed E-state index contributed by atoms with van der Waals surface area (Å²) in [7, 11) is 0. The molecule has 0 bridgehead atoms. The molecule has 0 saturated heterocycles. The van der Waals surface area contributed by atoms with E-state index in [0.29, 0.717) is 0 Å². The second kappa shape index (κ2) is 7.90. The molecule has 0 saturated carbocycles. The maximum atomic E-state index is 9.61. The zero-order valence-electron chi connectivity index (χ0n) is 14.9. The Bertz CT molecular complexity index is 806. The molecule has 7 heteroatoms. The number of fused-ring (bicyclic) bond motifs is 3. The van der Waals surface area contributed by atoms with Gasteiger partial charge >= 0.3 is 0 Å². The molecule has 2 atom stereocenters. The van der Waals surface area contributed by atoms with Crippen LogP contribution in [-0.4, -0.2) is 41.5 Å². The van der Waals surface area contributed by atoms with E-state index in [4.69, 9.17) is 5.11 Å². The molecule has 1 aromatic heterocycles. The molecule has 3 rings (SSSR count). The third kappa shape index (κ3) is 3.46. The van der Waals surface area contributed by atoms with Crippen LogP contribution in [0.25, 0.3) is 5.57 Å². The molecule has 6 nitrogen and oxygen atoms in total. The molecule has 3 heterocycles. The fraction of sp³-hybridized carbons (Fsp3) is 0.316. The van der Waals surface area contributed by atoms with Gasteiger partial charge in [-0.15, -0.1) is 11.3 Å². The number of aliphatic hydroxyl groups is 2. The minimum absolute atomic E-state index is 0.127. The van der Waals surface area contributed by atoms with Crippen molar-refractivity contribution >= 4 is 33.4 Å². The smallest absolute Gasteiger partial charge is 0.163 e. The number of anilines is 2. The number of hydrogen-bond acceptors (Lipinski definition) is 6. The van der Waals surface area contributed by atoms with Crippen LogP contribution < -0.4 is 15.5 Å². The molecule has 138 valence electrons. The summed E-state index contributed by atoms with van der Waals surface area (Å²) in [5, 5.41) is 26.5. The van der Waals surface area contributed by atoms with Crippen LogP contribution in [0.15, 0.2) is 53.8 Å². The maximum absolute atomic E-state index is 9.61. The number of thiophene rings is 1. The van der Waals surface area contributed by atoms with Gasteiger partial charge in [-0.2, -0.15) is 0 Å². The Morgan fingerprint density at radius 3 is 3.04 bits per heavy atom. The Kier molecular flexibility index (Phi) is 5.61. The highest BCUT2D eigenvalue weighted by atomic mass is 32.1. The first-order valence-corrected chi connectivity index (χ1v) is 9.32. The van der Waals surface area contributed by atoms with E-state index >= 15 is 0 Å². The van der Waals surface area contributed by atoms with E-state index in [1.54, 1.807) is 17.4 Å². The molecule has 26 heavy (non-hydrogen) atoms. The van der Waals surface area contributed by atoms with E-state index in [2.05, 4.69) is 46.2 Å². The van der Waals surface area contributed by atoms with E-state index in [-0.39, 0.29) is 19.3 Å². The molecule has 2 aliphatic heterocycles. The Morgan fingerprint density at radius 2 is 2.35 bits per heavy atom. The normalized spacial score (nSPS) is 21.9. The van der Waals surface area contributed by atoms with Crippen molar-refractivity contribution < 1.29 is 10.2 Å². The van der Waals surface area contributed by atoms with E-state index in [0.717, 1.165) is 32.7 Å². The van der Waals surface area contributed by atoms with Gasteiger partial charge in [0.2, 0.25) is 0 Å². The lowest BCUT2D eigenvalue weighted by Gasteiger charge is -2.34. The summed E-state index contributed by atoms with van der Waals surface area (Å²) < 4.78 is 0. The Hall–Kier alpha value is -2.35. The zero-order valence-corrected chi connectivity index (χ0v) is 15.8. The van der Waals surface area contributed by atoms with E-state index in [1.807, 2.05) is 25.3 Å². The molecule has 0 amide bonds. The van der Waals surface area contributed by atoms with Crippen molar-refractivity contribution in [1.82, 2.24) is 5.32 Å². The average molecular weight is 372 g/mol. The van der Waals surface area contributed by atoms with Crippen LogP contribution in [0.1, 0.15) is 18.7 Å². The molecule has 0 aromatic carbocycles. The summed E-state index contributed by atoms with van der Waals surface area (Å²) in [5.41, 5.74) is 3.22. The van der Waals surface area contributed by atoms with Gasteiger partial charge in [0, 0.05) is 16.8 Å². The van der Waals surface area contributed by atoms with Crippen LogP contribution in [0.5, 0.6) is 0 Å². The lowest BCUT2D eigenvalue weighted by Crippen LogP contribution is -2.49. The number of hydrogen-bond donors (Lipinski definition) is 4. The van der Waals surface area contributed by atoms with Crippen LogP contribution in [0.4, 0.5) is 10.7 Å². The predicted octanol–water partition coefficient (Wildman–Crippen LogP) is 2.67. The second-order valence-electron chi connectivity index (χ2n) is 6.08. The molecule has 0 radical (unpaired) electrons. The summed E-state index contributed by atoms with van der Waals surface area (Å²) in [4.78, 5) is 7.83. The lowest BCUT2D eigenvalue weighted by atomic mass is 10.1. The van der Waals surface area contributed by atoms with Crippen molar-refractivity contribution in [1.29, 1.82) is 0 Å². The van der Waals surface area contributed by atoms with Crippen molar-refractivity contribution in [2.75, 3.05) is 23.4 Å². The Balaban J connectivity index is 1.96. The minimum Gasteiger partial charge on any atom is -0.394 e. The third-order valence-corrected chi connectivity index (χ3v) is 5.42. The van der Waals surface area contributed by atoms with Gasteiger partial charge < -0.3 is 25.7 Å². The number of allylic oxidation sites excluding steroid dienone is 6. The molecule has 1 aromatic rings. The van der Waals surface area contributed by atoms with Gasteiger partial charge in [-0.1, -0.05) is 30.9 Å². The number of nitrogens with zero attached hydrogens (tertiary/aromatic N) is 2. The standard InChI is InChI=1S/C19H24N4O2S/c1-4-6-7-13(5-2)16-8-15-19(26-16)23-12(3)9-21-18(23)17(22-15)20-10-14(25)11-24/h4-9,14,18,21,24-25H,1,10-11H2,2-3H3,(H,20,22)/b7-6-,13-5+. The lowest BCUT2D eigenvalue weighted by molar-refractivity contribution is 0.102. The van der Waals surface area contributed by atoms with Gasteiger partial charge in [0.1, 0.15) is 10.8 Å². The van der Waals surface area contributed by atoms with Gasteiger partial charge in [-0.25, -0.2) is 0 Å². The summed E-state index contributed by atoms with van der Waals surface area (Å²) in [6, 6.07) is 2.11. The van der Waals surface area contributed by atoms with Gasteiger partial charge in [0.05, 0.1) is 24.9 Å². The zero-order chi connectivity index (χ0) is 18.7. The molecular weight excluding hydrogens is 348 g/mol. The summed E-state index contributed by atoms with van der Waals surface area (Å²) in [5.74, 6) is 0.728. The van der Waals surface area contributed by atoms with Crippen molar-refractivity contribution in [3.63, 3.8) is 0 Å². The summed E-state index contributed by atoms with van der Waals surface area (Å²) in [6.07, 6.45) is 8.79. The van der Waals surface area contributed by atoms with Crippen molar-refractivity contribution in [3.05, 3.63) is 53.7 Å². The Labute approximate surface area is 157 Å². The number of amidine groups is 1. The highest BCUT2D eigenvalue weighted by molar-refractivity contribution is 7.18. The first-order chi connectivity index (χ1) is 12.6. The number of nitrogens with one attached hydrogen (secondary N) is 2. The van der Waals surface area contributed by atoms with Crippen molar-refractivity contribution in [2.24, 2.45) is 4.99 Å². The fourth-order valence-electron chi connectivity index (χ4n) is 2.90. The van der Waals surface area contributed by atoms with E-state index < -0.39 is 6.10 Å². The molecule has 2 aliphatic rings. The van der Waals surface area contributed by atoms with Gasteiger partial charge in [0.15, 0.2) is 6.17 Å². The monoisotopic (exact) mass is 372 g/mol. The first-order valence-electron chi connectivity index (χ1n) is 8.51. The van der Waals surface area contributed by atoms with E-state index in [1.165, 1.54) is 0 Å². The second-order valence-corrected chi connectivity index (χ2v) is 7.11. The largest absolute Gasteiger partial charge is 0.394 e. The van der Waals surface area contributed by atoms with Crippen LogP contribution in [0.3, 0.4) is 0 Å². The predicted molar refractivity (Wildman–Crippen MR) is 109 cm³/mol. The van der Waals surface area contributed by atoms with Crippen LogP contribution in [-0.2, 0) is 0 Å². The van der Waals surface area contributed by atoms with E-state index in [9.17, 15) is 5.11 Å². The fourth-order valence-corrected chi connectivity index (χ4v) is 4.16. The highest BCUT2D eigenvalue weighted by Gasteiger charge is 2.36. The summed E-state index contributed by atoms with van der Waals surface area (Å²) in [6.45, 7) is 7.65. The molecule has 0 fully saturated rings. The topological polar surface area (TPSA) is 80.1 Å². The van der Waals surface area contributed by atoms with Crippen LogP contribution in [0, 0.1) is 0 Å². The number of rotatable bonds is 6. The molecular formula is C19H24N4O2S. The summed E-state index contributed by atoms with van der Waals surface area (Å²) >= 11 is 1.71. The third-order valence-electron chi connectivity index (χ3n) is 4.23. The van der Waals surface area contributed by atoms with Crippen LogP contribution in [0.2, 0.25) is 0 Å². The average Bonchev–Trinajstić information content (AvgIpc) is 3.23. The molecule has 4 N–H and O–H groups in total.